The molecule has 0 aliphatic rings. The minimum Gasteiger partial charge on any atom is -0.476 e. The molecule has 0 radical (unpaired) electrons. The van der Waals surface area contributed by atoms with Crippen LogP contribution in [0.3, 0.4) is 0 Å². The van der Waals surface area contributed by atoms with Crippen molar-refractivity contribution in [3.05, 3.63) is 52.0 Å². The maximum Gasteiger partial charge on any atom is 0.355 e. The Hall–Kier alpha value is -1.76. The van der Waals surface area contributed by atoms with Crippen molar-refractivity contribution >= 4 is 17.3 Å². The number of aromatic carboxylic acids is 1. The van der Waals surface area contributed by atoms with Gasteiger partial charge < -0.3 is 10.2 Å². The van der Waals surface area contributed by atoms with E-state index < -0.39 is 5.97 Å². The average Bonchev–Trinajstić information content (AvgIpc) is 2.89. The van der Waals surface area contributed by atoms with Crippen LogP contribution < -0.4 is 0 Å². The SMILES string of the molecule is O=C(O)c1csc(CN(CCO)Cc2ccccc2)n1. The summed E-state index contributed by atoms with van der Waals surface area (Å²) in [4.78, 5) is 16.9. The summed E-state index contributed by atoms with van der Waals surface area (Å²) >= 11 is 1.33. The number of aromatic nitrogens is 1. The van der Waals surface area contributed by atoms with Crippen LogP contribution in [0.1, 0.15) is 21.1 Å². The number of hydrogen-bond acceptors (Lipinski definition) is 5. The van der Waals surface area contributed by atoms with Gasteiger partial charge in [-0.05, 0) is 5.56 Å². The molecule has 1 aromatic carbocycles. The Kier molecular flexibility index (Phi) is 5.23. The number of thiazole rings is 1. The molecule has 0 bridgehead atoms. The first kappa shape index (κ1) is 14.6. The highest BCUT2D eigenvalue weighted by Gasteiger charge is 2.12. The molecule has 0 aliphatic carbocycles. The summed E-state index contributed by atoms with van der Waals surface area (Å²) < 4.78 is 0. The Labute approximate surface area is 121 Å². The number of aliphatic hydroxyl groups excluding tert-OH is 1. The van der Waals surface area contributed by atoms with Gasteiger partial charge in [0.05, 0.1) is 13.2 Å². The quantitative estimate of drug-likeness (QED) is 0.814. The average molecular weight is 292 g/mol. The van der Waals surface area contributed by atoms with Gasteiger partial charge in [-0.1, -0.05) is 30.3 Å². The second kappa shape index (κ2) is 7.14. The Morgan fingerprint density at radius 3 is 2.60 bits per heavy atom. The minimum absolute atomic E-state index is 0.0595. The van der Waals surface area contributed by atoms with E-state index in [2.05, 4.69) is 4.98 Å². The van der Waals surface area contributed by atoms with E-state index in [0.717, 1.165) is 10.6 Å². The molecule has 0 spiro atoms. The number of carboxylic acids is 1. The molecule has 0 atom stereocenters. The number of aliphatic hydroxyl groups is 1. The molecule has 0 saturated heterocycles. The summed E-state index contributed by atoms with van der Waals surface area (Å²) in [6.07, 6.45) is 0. The van der Waals surface area contributed by atoms with Crippen LogP contribution in [0.5, 0.6) is 0 Å². The highest BCUT2D eigenvalue weighted by molar-refractivity contribution is 7.09. The third kappa shape index (κ3) is 4.12. The van der Waals surface area contributed by atoms with Crippen LogP contribution in [-0.2, 0) is 13.1 Å². The van der Waals surface area contributed by atoms with Crippen molar-refractivity contribution in [2.24, 2.45) is 0 Å². The summed E-state index contributed by atoms with van der Waals surface area (Å²) in [5.74, 6) is -1.01. The molecule has 0 saturated carbocycles. The standard InChI is InChI=1S/C14H16N2O3S/c17-7-6-16(8-11-4-2-1-3-5-11)9-13-15-12(10-20-13)14(18)19/h1-5,10,17H,6-9H2,(H,18,19). The predicted octanol–water partition coefficient (Wildman–Crippen LogP) is 1.84. The molecule has 2 rings (SSSR count). The monoisotopic (exact) mass is 292 g/mol. The highest BCUT2D eigenvalue weighted by atomic mass is 32.1. The molecular formula is C14H16N2O3S. The van der Waals surface area contributed by atoms with Crippen LogP contribution >= 0.6 is 11.3 Å². The number of rotatable bonds is 7. The van der Waals surface area contributed by atoms with Crippen molar-refractivity contribution < 1.29 is 15.0 Å². The molecule has 2 aromatic rings. The molecule has 106 valence electrons. The van der Waals surface area contributed by atoms with Gasteiger partial charge in [0.1, 0.15) is 5.01 Å². The third-order valence-electron chi connectivity index (χ3n) is 2.79. The van der Waals surface area contributed by atoms with Gasteiger partial charge in [0.2, 0.25) is 0 Å². The van der Waals surface area contributed by atoms with E-state index in [1.165, 1.54) is 16.7 Å². The Bertz CT molecular complexity index is 557. The van der Waals surface area contributed by atoms with Crippen molar-refractivity contribution in [3.63, 3.8) is 0 Å². The van der Waals surface area contributed by atoms with Gasteiger partial charge in [0, 0.05) is 18.5 Å². The van der Waals surface area contributed by atoms with Crippen molar-refractivity contribution in [1.29, 1.82) is 0 Å². The predicted molar refractivity (Wildman–Crippen MR) is 76.7 cm³/mol. The Morgan fingerprint density at radius 1 is 1.25 bits per heavy atom. The smallest absolute Gasteiger partial charge is 0.355 e. The third-order valence-corrected chi connectivity index (χ3v) is 3.63. The van der Waals surface area contributed by atoms with Crippen molar-refractivity contribution in [1.82, 2.24) is 9.88 Å². The lowest BCUT2D eigenvalue weighted by Crippen LogP contribution is -2.26. The molecule has 20 heavy (non-hydrogen) atoms. The van der Waals surface area contributed by atoms with Crippen LogP contribution in [0, 0.1) is 0 Å². The largest absolute Gasteiger partial charge is 0.476 e. The maximum absolute atomic E-state index is 10.8. The molecular weight excluding hydrogens is 276 g/mol. The topological polar surface area (TPSA) is 73.7 Å². The highest BCUT2D eigenvalue weighted by Crippen LogP contribution is 2.14. The van der Waals surface area contributed by atoms with Gasteiger partial charge in [0.15, 0.2) is 5.69 Å². The van der Waals surface area contributed by atoms with Crippen LogP contribution in [0.2, 0.25) is 0 Å². The van der Waals surface area contributed by atoms with Gasteiger partial charge in [-0.2, -0.15) is 0 Å². The second-order valence-electron chi connectivity index (χ2n) is 4.35. The maximum atomic E-state index is 10.8. The first-order valence-electron chi connectivity index (χ1n) is 6.24. The fourth-order valence-corrected chi connectivity index (χ4v) is 2.68. The molecule has 6 heteroatoms. The normalized spacial score (nSPS) is 10.9. The van der Waals surface area contributed by atoms with Crippen LogP contribution in [0.15, 0.2) is 35.7 Å². The van der Waals surface area contributed by atoms with Crippen LogP contribution in [0.4, 0.5) is 0 Å². The molecule has 0 unspecified atom stereocenters. The fourth-order valence-electron chi connectivity index (χ4n) is 1.87. The fraction of sp³-hybridized carbons (Fsp3) is 0.286. The molecule has 1 aromatic heterocycles. The zero-order chi connectivity index (χ0) is 14.4. The molecule has 1 heterocycles. The number of benzene rings is 1. The van der Waals surface area contributed by atoms with Gasteiger partial charge in [-0.15, -0.1) is 11.3 Å². The summed E-state index contributed by atoms with van der Waals surface area (Å²) in [7, 11) is 0. The lowest BCUT2D eigenvalue weighted by molar-refractivity contribution is 0.0690. The lowest BCUT2D eigenvalue weighted by Gasteiger charge is -2.20. The van der Waals surface area contributed by atoms with E-state index in [0.29, 0.717) is 19.6 Å². The van der Waals surface area contributed by atoms with E-state index in [9.17, 15) is 4.79 Å². The lowest BCUT2D eigenvalue weighted by atomic mass is 10.2. The van der Waals surface area contributed by atoms with Crippen molar-refractivity contribution in [3.8, 4) is 0 Å². The van der Waals surface area contributed by atoms with Gasteiger partial charge in [0.25, 0.3) is 0 Å². The van der Waals surface area contributed by atoms with Gasteiger partial charge in [-0.3, -0.25) is 4.90 Å². The van der Waals surface area contributed by atoms with E-state index >= 15 is 0 Å². The number of carboxylic acid groups (broad SMARTS) is 1. The van der Waals surface area contributed by atoms with E-state index in [4.69, 9.17) is 10.2 Å². The first-order chi connectivity index (χ1) is 9.69. The minimum atomic E-state index is -1.01. The van der Waals surface area contributed by atoms with E-state index in [1.807, 2.05) is 35.2 Å². The van der Waals surface area contributed by atoms with Gasteiger partial charge in [-0.25, -0.2) is 9.78 Å². The van der Waals surface area contributed by atoms with Crippen molar-refractivity contribution in [2.75, 3.05) is 13.2 Å². The summed E-state index contributed by atoms with van der Waals surface area (Å²) in [5, 5.41) is 20.3. The molecule has 2 N–H and O–H groups in total. The molecule has 0 amide bonds. The van der Waals surface area contributed by atoms with E-state index in [-0.39, 0.29) is 12.3 Å². The number of carbonyl (C=O) groups is 1. The zero-order valence-electron chi connectivity index (χ0n) is 10.9. The summed E-state index contributed by atoms with van der Waals surface area (Å²) in [5.41, 5.74) is 1.23. The van der Waals surface area contributed by atoms with Crippen molar-refractivity contribution in [2.45, 2.75) is 13.1 Å². The Balaban J connectivity index is 2.02. The van der Waals surface area contributed by atoms with Crippen LogP contribution in [0.25, 0.3) is 0 Å². The first-order valence-corrected chi connectivity index (χ1v) is 7.12. The van der Waals surface area contributed by atoms with E-state index in [1.54, 1.807) is 0 Å². The molecule has 5 nitrogen and oxygen atoms in total. The zero-order valence-corrected chi connectivity index (χ0v) is 11.7. The number of nitrogens with zero attached hydrogens (tertiary/aromatic N) is 2. The van der Waals surface area contributed by atoms with Gasteiger partial charge >= 0.3 is 5.97 Å². The second-order valence-corrected chi connectivity index (χ2v) is 5.29. The Morgan fingerprint density at radius 2 is 2.00 bits per heavy atom. The van der Waals surface area contributed by atoms with Crippen LogP contribution in [-0.4, -0.2) is 39.2 Å². The molecule has 0 fully saturated rings. The number of hydrogen-bond donors (Lipinski definition) is 2. The summed E-state index contributed by atoms with van der Waals surface area (Å²) in [6.45, 7) is 1.82. The molecule has 0 aliphatic heterocycles. The summed E-state index contributed by atoms with van der Waals surface area (Å²) in [6, 6.07) is 9.94.